The molecule has 0 aromatic rings. The number of piperazine rings is 1. The monoisotopic (exact) mass is 163 g/mol. The third-order valence-corrected chi connectivity index (χ3v) is 1.52. The van der Waals surface area contributed by atoms with E-state index in [0.717, 1.165) is 0 Å². The summed E-state index contributed by atoms with van der Waals surface area (Å²) in [5.74, 6) is -1.07. The van der Waals surface area contributed by atoms with Crippen molar-refractivity contribution in [1.82, 2.24) is 10.6 Å². The lowest BCUT2D eigenvalue weighted by Crippen LogP contribution is -2.50. The number of nitrogens with zero attached hydrogens (tertiary/aromatic N) is 1. The van der Waals surface area contributed by atoms with Crippen molar-refractivity contribution < 1.29 is 13.6 Å². The van der Waals surface area contributed by atoms with Crippen molar-refractivity contribution in [3.8, 4) is 0 Å². The Labute approximate surface area is 63.2 Å². The van der Waals surface area contributed by atoms with Gasteiger partial charge in [-0.2, -0.15) is 0 Å². The SMILES string of the molecule is O=C(C(F)F)C1CNCC[N]1. The predicted molar refractivity (Wildman–Crippen MR) is 34.7 cm³/mol. The molecule has 1 saturated heterocycles. The zero-order chi connectivity index (χ0) is 8.27. The van der Waals surface area contributed by atoms with Gasteiger partial charge in [-0.3, -0.25) is 4.79 Å². The fourth-order valence-corrected chi connectivity index (χ4v) is 0.939. The van der Waals surface area contributed by atoms with Gasteiger partial charge in [0.1, 0.15) is 6.04 Å². The molecular weight excluding hydrogens is 154 g/mol. The van der Waals surface area contributed by atoms with Gasteiger partial charge in [0, 0.05) is 19.6 Å². The first kappa shape index (κ1) is 8.55. The number of Topliss-reactive ketones (excluding diaryl/α,β-unsaturated/α-hetero) is 1. The third-order valence-electron chi connectivity index (χ3n) is 1.52. The third kappa shape index (κ3) is 2.20. The van der Waals surface area contributed by atoms with Crippen molar-refractivity contribution in [2.24, 2.45) is 0 Å². The summed E-state index contributed by atoms with van der Waals surface area (Å²) in [4.78, 5) is 10.6. The van der Waals surface area contributed by atoms with Gasteiger partial charge in [0.15, 0.2) is 0 Å². The van der Waals surface area contributed by atoms with Crippen LogP contribution in [0.5, 0.6) is 0 Å². The van der Waals surface area contributed by atoms with Crippen LogP contribution < -0.4 is 10.6 Å². The van der Waals surface area contributed by atoms with E-state index in [2.05, 4.69) is 10.6 Å². The van der Waals surface area contributed by atoms with Gasteiger partial charge in [-0.1, -0.05) is 0 Å². The number of carbonyl (C=O) groups is 1. The molecule has 0 amide bonds. The highest BCUT2D eigenvalue weighted by molar-refractivity contribution is 5.87. The van der Waals surface area contributed by atoms with Crippen LogP contribution in [0.2, 0.25) is 0 Å². The molecule has 0 aromatic heterocycles. The molecule has 1 fully saturated rings. The van der Waals surface area contributed by atoms with Gasteiger partial charge in [-0.05, 0) is 0 Å². The number of hydrogen-bond donors (Lipinski definition) is 1. The first-order valence-electron chi connectivity index (χ1n) is 3.41. The van der Waals surface area contributed by atoms with Gasteiger partial charge in [-0.25, -0.2) is 14.1 Å². The molecule has 1 aliphatic rings. The number of carbonyl (C=O) groups excluding carboxylic acids is 1. The second-order valence-electron chi connectivity index (χ2n) is 2.33. The number of nitrogens with one attached hydrogen (secondary N) is 1. The van der Waals surface area contributed by atoms with E-state index < -0.39 is 18.3 Å². The molecule has 0 aromatic carbocycles. The van der Waals surface area contributed by atoms with Gasteiger partial charge >= 0.3 is 0 Å². The highest BCUT2D eigenvalue weighted by Crippen LogP contribution is 2.01. The molecular formula is C6H9F2N2O. The fourth-order valence-electron chi connectivity index (χ4n) is 0.939. The quantitative estimate of drug-likeness (QED) is 0.590. The van der Waals surface area contributed by atoms with E-state index in [4.69, 9.17) is 0 Å². The maximum Gasteiger partial charge on any atom is 0.297 e. The topological polar surface area (TPSA) is 43.2 Å². The summed E-state index contributed by atoms with van der Waals surface area (Å²) in [6.45, 7) is 1.37. The van der Waals surface area contributed by atoms with Crippen molar-refractivity contribution in [3.63, 3.8) is 0 Å². The van der Waals surface area contributed by atoms with Crippen LogP contribution in [-0.4, -0.2) is 37.9 Å². The van der Waals surface area contributed by atoms with Crippen molar-refractivity contribution in [2.45, 2.75) is 12.5 Å². The van der Waals surface area contributed by atoms with Crippen LogP contribution >= 0.6 is 0 Å². The summed E-state index contributed by atoms with van der Waals surface area (Å²) in [5, 5.41) is 6.58. The number of rotatable bonds is 2. The maximum absolute atomic E-state index is 11.8. The molecule has 63 valence electrons. The lowest BCUT2D eigenvalue weighted by molar-refractivity contribution is -0.131. The molecule has 11 heavy (non-hydrogen) atoms. The minimum atomic E-state index is -2.89. The van der Waals surface area contributed by atoms with Crippen LogP contribution in [0.3, 0.4) is 0 Å². The van der Waals surface area contributed by atoms with Gasteiger partial charge in [0.05, 0.1) is 0 Å². The molecule has 0 bridgehead atoms. The average Bonchev–Trinajstić information content (AvgIpc) is 2.05. The smallest absolute Gasteiger partial charge is 0.297 e. The van der Waals surface area contributed by atoms with E-state index in [1.807, 2.05) is 0 Å². The Morgan fingerprint density at radius 1 is 1.64 bits per heavy atom. The highest BCUT2D eigenvalue weighted by atomic mass is 19.3. The Morgan fingerprint density at radius 3 is 2.82 bits per heavy atom. The first-order chi connectivity index (χ1) is 5.22. The van der Waals surface area contributed by atoms with E-state index in [9.17, 15) is 13.6 Å². The van der Waals surface area contributed by atoms with E-state index >= 15 is 0 Å². The molecule has 0 aliphatic carbocycles. The van der Waals surface area contributed by atoms with Crippen LogP contribution in [0.15, 0.2) is 0 Å². The number of ketones is 1. The zero-order valence-electron chi connectivity index (χ0n) is 5.89. The van der Waals surface area contributed by atoms with Gasteiger partial charge in [-0.15, -0.1) is 0 Å². The summed E-state index contributed by atoms with van der Waals surface area (Å²) in [6, 6.07) is -0.830. The molecule has 1 N–H and O–H groups in total. The minimum absolute atomic E-state index is 0.253. The number of halogens is 2. The van der Waals surface area contributed by atoms with E-state index in [-0.39, 0.29) is 6.54 Å². The molecule has 1 aliphatic heterocycles. The van der Waals surface area contributed by atoms with E-state index in [1.54, 1.807) is 0 Å². The predicted octanol–water partition coefficient (Wildman–Crippen LogP) is -0.603. The lowest BCUT2D eigenvalue weighted by Gasteiger charge is -2.20. The van der Waals surface area contributed by atoms with Gasteiger partial charge < -0.3 is 5.32 Å². The normalized spacial score (nSPS) is 25.5. The van der Waals surface area contributed by atoms with Crippen LogP contribution in [0.4, 0.5) is 8.78 Å². The van der Waals surface area contributed by atoms with Gasteiger partial charge in [0.2, 0.25) is 5.78 Å². The first-order valence-corrected chi connectivity index (χ1v) is 3.41. The summed E-state index contributed by atoms with van der Waals surface area (Å²) >= 11 is 0. The Hall–Kier alpha value is -0.550. The van der Waals surface area contributed by atoms with E-state index in [1.165, 1.54) is 0 Å². The zero-order valence-corrected chi connectivity index (χ0v) is 5.89. The van der Waals surface area contributed by atoms with Crippen molar-refractivity contribution in [3.05, 3.63) is 0 Å². The lowest BCUT2D eigenvalue weighted by atomic mass is 10.1. The molecule has 0 saturated carbocycles. The van der Waals surface area contributed by atoms with Crippen LogP contribution in [0.25, 0.3) is 0 Å². The van der Waals surface area contributed by atoms with Crippen molar-refractivity contribution >= 4 is 5.78 Å². The number of alkyl halides is 2. The van der Waals surface area contributed by atoms with Crippen molar-refractivity contribution in [2.75, 3.05) is 19.6 Å². The molecule has 5 heteroatoms. The standard InChI is InChI=1S/C6H9F2N2O/c7-6(8)5(11)4-3-9-1-2-10-4/h4,6,9H,1-3H2. The summed E-state index contributed by atoms with van der Waals surface area (Å²) in [7, 11) is 0. The average molecular weight is 163 g/mol. The van der Waals surface area contributed by atoms with Crippen LogP contribution in [-0.2, 0) is 4.79 Å². The second-order valence-corrected chi connectivity index (χ2v) is 2.33. The molecule has 1 unspecified atom stereocenters. The molecule has 1 radical (unpaired) electrons. The maximum atomic E-state index is 11.8. The Bertz CT molecular complexity index is 146. The van der Waals surface area contributed by atoms with E-state index in [0.29, 0.717) is 13.1 Å². The highest BCUT2D eigenvalue weighted by Gasteiger charge is 2.28. The van der Waals surface area contributed by atoms with Crippen LogP contribution in [0.1, 0.15) is 0 Å². The molecule has 1 heterocycles. The molecule has 1 rings (SSSR count). The summed E-state index contributed by atoms with van der Waals surface area (Å²) in [6.07, 6.45) is -2.89. The number of hydrogen-bond acceptors (Lipinski definition) is 2. The van der Waals surface area contributed by atoms with Crippen LogP contribution in [0, 0.1) is 0 Å². The molecule has 3 nitrogen and oxygen atoms in total. The Balaban J connectivity index is 2.39. The summed E-state index contributed by atoms with van der Waals surface area (Å²) in [5.41, 5.74) is 0. The second kappa shape index (κ2) is 3.73. The summed E-state index contributed by atoms with van der Waals surface area (Å²) < 4.78 is 23.6. The largest absolute Gasteiger partial charge is 0.313 e. The molecule has 0 spiro atoms. The van der Waals surface area contributed by atoms with Gasteiger partial charge in [0.25, 0.3) is 6.43 Å². The Kier molecular flexibility index (Phi) is 2.90. The fraction of sp³-hybridized carbons (Fsp3) is 0.833. The van der Waals surface area contributed by atoms with Crippen molar-refractivity contribution in [1.29, 1.82) is 0 Å². The minimum Gasteiger partial charge on any atom is -0.313 e. The molecule has 1 atom stereocenters. The Morgan fingerprint density at radius 2 is 2.36 bits per heavy atom.